The molecule has 17 heavy (non-hydrogen) atoms. The summed E-state index contributed by atoms with van der Waals surface area (Å²) in [6.07, 6.45) is 0. The van der Waals surface area contributed by atoms with Crippen molar-refractivity contribution in [3.63, 3.8) is 0 Å². The van der Waals surface area contributed by atoms with Crippen LogP contribution >= 0.6 is 0 Å². The van der Waals surface area contributed by atoms with Gasteiger partial charge in [-0.05, 0) is 27.7 Å². The third-order valence-corrected chi connectivity index (χ3v) is 2.98. The highest BCUT2D eigenvalue weighted by Crippen LogP contribution is 2.20. The Morgan fingerprint density at radius 1 is 1.53 bits per heavy atom. The SMILES string of the molecule is CCN(C)C(=O)CNC(C)c1c(C)noc1C. The fourth-order valence-electron chi connectivity index (χ4n) is 1.76. The summed E-state index contributed by atoms with van der Waals surface area (Å²) in [5.41, 5.74) is 1.91. The van der Waals surface area contributed by atoms with Crippen LogP contribution in [0.5, 0.6) is 0 Å². The Morgan fingerprint density at radius 2 is 2.18 bits per heavy atom. The van der Waals surface area contributed by atoms with E-state index in [0.29, 0.717) is 6.54 Å². The standard InChI is InChI=1S/C12H21N3O2/c1-6-15(5)11(16)7-13-8(2)12-9(3)14-17-10(12)4/h8,13H,6-7H2,1-5H3. The van der Waals surface area contributed by atoms with Gasteiger partial charge in [-0.1, -0.05) is 5.16 Å². The Kier molecular flexibility index (Phi) is 4.69. The van der Waals surface area contributed by atoms with Crippen molar-refractivity contribution in [2.75, 3.05) is 20.1 Å². The zero-order valence-electron chi connectivity index (χ0n) is 11.2. The lowest BCUT2D eigenvalue weighted by Crippen LogP contribution is -2.36. The first-order valence-electron chi connectivity index (χ1n) is 5.87. The molecule has 0 fully saturated rings. The topological polar surface area (TPSA) is 58.4 Å². The monoisotopic (exact) mass is 239 g/mol. The summed E-state index contributed by atoms with van der Waals surface area (Å²) in [5, 5.41) is 7.10. The summed E-state index contributed by atoms with van der Waals surface area (Å²) in [7, 11) is 1.80. The highest BCUT2D eigenvalue weighted by molar-refractivity contribution is 5.77. The molecule has 0 aromatic carbocycles. The Bertz CT molecular complexity index is 368. The third kappa shape index (κ3) is 3.30. The predicted octanol–water partition coefficient (Wildman–Crippen LogP) is 1.42. The number of nitrogens with one attached hydrogen (secondary N) is 1. The van der Waals surface area contributed by atoms with E-state index < -0.39 is 0 Å². The molecule has 0 saturated carbocycles. The van der Waals surface area contributed by atoms with Crippen LogP contribution in [0.2, 0.25) is 0 Å². The minimum Gasteiger partial charge on any atom is -0.361 e. The van der Waals surface area contributed by atoms with Crippen LogP contribution in [0.3, 0.4) is 0 Å². The number of aryl methyl sites for hydroxylation is 2. The number of amides is 1. The van der Waals surface area contributed by atoms with Gasteiger partial charge in [0.2, 0.25) is 5.91 Å². The normalized spacial score (nSPS) is 12.5. The van der Waals surface area contributed by atoms with Gasteiger partial charge in [0.15, 0.2) is 0 Å². The molecule has 1 N–H and O–H groups in total. The minimum absolute atomic E-state index is 0.0652. The molecular weight excluding hydrogens is 218 g/mol. The summed E-state index contributed by atoms with van der Waals surface area (Å²) < 4.78 is 5.11. The molecule has 0 radical (unpaired) electrons. The Hall–Kier alpha value is -1.36. The molecule has 1 atom stereocenters. The van der Waals surface area contributed by atoms with Crippen LogP contribution in [-0.2, 0) is 4.79 Å². The smallest absolute Gasteiger partial charge is 0.236 e. The van der Waals surface area contributed by atoms with E-state index in [9.17, 15) is 4.79 Å². The van der Waals surface area contributed by atoms with Gasteiger partial charge < -0.3 is 14.7 Å². The minimum atomic E-state index is 0.0652. The largest absolute Gasteiger partial charge is 0.361 e. The first-order chi connectivity index (χ1) is 7.97. The zero-order chi connectivity index (χ0) is 13.0. The number of hydrogen-bond donors (Lipinski definition) is 1. The fourth-order valence-corrected chi connectivity index (χ4v) is 1.76. The van der Waals surface area contributed by atoms with Gasteiger partial charge in [0, 0.05) is 25.2 Å². The number of rotatable bonds is 5. The van der Waals surface area contributed by atoms with Crippen LogP contribution in [0.25, 0.3) is 0 Å². The summed E-state index contributed by atoms with van der Waals surface area (Å²) >= 11 is 0. The molecule has 5 nitrogen and oxygen atoms in total. The third-order valence-electron chi connectivity index (χ3n) is 2.98. The molecule has 0 aliphatic carbocycles. The van der Waals surface area contributed by atoms with Gasteiger partial charge in [-0.15, -0.1) is 0 Å². The molecule has 1 aromatic heterocycles. The maximum atomic E-state index is 11.6. The number of likely N-dealkylation sites (N-methyl/N-ethyl adjacent to an activating group) is 1. The van der Waals surface area contributed by atoms with Crippen LogP contribution in [0.1, 0.15) is 36.9 Å². The lowest BCUT2D eigenvalue weighted by Gasteiger charge is -2.18. The van der Waals surface area contributed by atoms with Crippen LogP contribution in [0, 0.1) is 13.8 Å². The molecule has 0 aliphatic rings. The van der Waals surface area contributed by atoms with Gasteiger partial charge in [-0.2, -0.15) is 0 Å². The van der Waals surface area contributed by atoms with E-state index in [1.165, 1.54) is 0 Å². The summed E-state index contributed by atoms with van der Waals surface area (Å²) in [4.78, 5) is 13.3. The quantitative estimate of drug-likeness (QED) is 0.844. The molecule has 5 heteroatoms. The van der Waals surface area contributed by atoms with Gasteiger partial charge >= 0.3 is 0 Å². The van der Waals surface area contributed by atoms with E-state index in [-0.39, 0.29) is 11.9 Å². The van der Waals surface area contributed by atoms with E-state index in [4.69, 9.17) is 4.52 Å². The van der Waals surface area contributed by atoms with Crippen molar-refractivity contribution in [2.45, 2.75) is 33.7 Å². The maximum absolute atomic E-state index is 11.6. The molecule has 0 spiro atoms. The van der Waals surface area contributed by atoms with Gasteiger partial charge in [-0.3, -0.25) is 4.79 Å². The molecule has 1 amide bonds. The van der Waals surface area contributed by atoms with Crippen molar-refractivity contribution in [3.05, 3.63) is 17.0 Å². The van der Waals surface area contributed by atoms with Gasteiger partial charge in [0.25, 0.3) is 0 Å². The van der Waals surface area contributed by atoms with E-state index in [1.54, 1.807) is 11.9 Å². The average molecular weight is 239 g/mol. The second kappa shape index (κ2) is 5.82. The van der Waals surface area contributed by atoms with E-state index in [0.717, 1.165) is 23.6 Å². The first kappa shape index (κ1) is 13.7. The fraction of sp³-hybridized carbons (Fsp3) is 0.667. The molecule has 1 rings (SSSR count). The zero-order valence-corrected chi connectivity index (χ0v) is 11.2. The van der Waals surface area contributed by atoms with Crippen LogP contribution < -0.4 is 5.32 Å². The molecule has 0 aliphatic heterocycles. The van der Waals surface area contributed by atoms with Crippen LogP contribution in [0.4, 0.5) is 0 Å². The lowest BCUT2D eigenvalue weighted by molar-refractivity contribution is -0.128. The molecule has 0 saturated heterocycles. The number of aromatic nitrogens is 1. The Balaban J connectivity index is 2.56. The highest BCUT2D eigenvalue weighted by atomic mass is 16.5. The average Bonchev–Trinajstić information content (AvgIpc) is 2.64. The van der Waals surface area contributed by atoms with E-state index in [2.05, 4.69) is 10.5 Å². The predicted molar refractivity (Wildman–Crippen MR) is 65.7 cm³/mol. The molecule has 1 unspecified atom stereocenters. The second-order valence-electron chi connectivity index (χ2n) is 4.25. The lowest BCUT2D eigenvalue weighted by atomic mass is 10.1. The van der Waals surface area contributed by atoms with Gasteiger partial charge in [0.1, 0.15) is 5.76 Å². The molecule has 1 heterocycles. The Labute approximate surface area is 102 Å². The van der Waals surface area contributed by atoms with Crippen molar-refractivity contribution < 1.29 is 9.32 Å². The first-order valence-corrected chi connectivity index (χ1v) is 5.87. The van der Waals surface area contributed by atoms with Crippen molar-refractivity contribution in [1.29, 1.82) is 0 Å². The number of carbonyl (C=O) groups excluding carboxylic acids is 1. The van der Waals surface area contributed by atoms with E-state index in [1.807, 2.05) is 27.7 Å². The molecule has 96 valence electrons. The highest BCUT2D eigenvalue weighted by Gasteiger charge is 2.17. The van der Waals surface area contributed by atoms with Gasteiger partial charge in [-0.25, -0.2) is 0 Å². The summed E-state index contributed by atoms with van der Waals surface area (Å²) in [6.45, 7) is 8.80. The summed E-state index contributed by atoms with van der Waals surface area (Å²) in [6, 6.07) is 0.0652. The van der Waals surface area contributed by atoms with Crippen molar-refractivity contribution in [2.24, 2.45) is 0 Å². The molecule has 0 bridgehead atoms. The maximum Gasteiger partial charge on any atom is 0.236 e. The second-order valence-corrected chi connectivity index (χ2v) is 4.25. The van der Waals surface area contributed by atoms with Gasteiger partial charge in [0.05, 0.1) is 12.2 Å². The number of nitrogens with zero attached hydrogens (tertiary/aromatic N) is 2. The van der Waals surface area contributed by atoms with E-state index >= 15 is 0 Å². The molecular formula is C12H21N3O2. The van der Waals surface area contributed by atoms with Crippen molar-refractivity contribution >= 4 is 5.91 Å². The number of carbonyl (C=O) groups is 1. The molecule has 1 aromatic rings. The Morgan fingerprint density at radius 3 is 2.65 bits per heavy atom. The van der Waals surface area contributed by atoms with Crippen LogP contribution in [0.15, 0.2) is 4.52 Å². The number of hydrogen-bond acceptors (Lipinski definition) is 4. The van der Waals surface area contributed by atoms with Crippen molar-refractivity contribution in [1.82, 2.24) is 15.4 Å². The summed E-state index contributed by atoms with van der Waals surface area (Å²) in [5.74, 6) is 0.893. The van der Waals surface area contributed by atoms with Crippen LogP contribution in [-0.4, -0.2) is 36.1 Å². The van der Waals surface area contributed by atoms with Crippen molar-refractivity contribution in [3.8, 4) is 0 Å².